The molecule has 0 radical (unpaired) electrons. The third-order valence-electron chi connectivity index (χ3n) is 8.46. The molecule has 0 bridgehead atoms. The highest BCUT2D eigenvalue weighted by molar-refractivity contribution is 5.45. The van der Waals surface area contributed by atoms with E-state index in [-0.39, 0.29) is 11.0 Å². The molecule has 178 valence electrons. The summed E-state index contributed by atoms with van der Waals surface area (Å²) in [6.07, 6.45) is 11.9. The molecular weight excluding hydrogens is 380 g/mol. The van der Waals surface area contributed by atoms with Crippen molar-refractivity contribution in [3.8, 4) is 11.5 Å². The SMILES string of the molecule is CC(C)CCCC(C)CCCC(C)CCCC1(C)Oc2ccc(O)cc2C(C)C1(C)C. The fraction of sp³-hybridized carbons (Fsp3) is 0.793. The van der Waals surface area contributed by atoms with Gasteiger partial charge in [0, 0.05) is 11.0 Å². The van der Waals surface area contributed by atoms with Crippen LogP contribution in [0, 0.1) is 23.2 Å². The largest absolute Gasteiger partial charge is 0.508 e. The Balaban J connectivity index is 1.78. The van der Waals surface area contributed by atoms with Gasteiger partial charge in [-0.2, -0.15) is 0 Å². The highest BCUT2D eigenvalue weighted by Gasteiger charge is 2.50. The van der Waals surface area contributed by atoms with Crippen molar-refractivity contribution in [3.05, 3.63) is 23.8 Å². The molecule has 0 saturated heterocycles. The zero-order valence-corrected chi connectivity index (χ0v) is 21.8. The lowest BCUT2D eigenvalue weighted by molar-refractivity contribution is -0.0661. The summed E-state index contributed by atoms with van der Waals surface area (Å²) < 4.78 is 6.60. The second-order valence-electron chi connectivity index (χ2n) is 11.9. The van der Waals surface area contributed by atoms with Crippen LogP contribution in [0.2, 0.25) is 0 Å². The molecule has 0 amide bonds. The predicted octanol–water partition coefficient (Wildman–Crippen LogP) is 9.11. The van der Waals surface area contributed by atoms with Crippen LogP contribution >= 0.6 is 0 Å². The number of benzene rings is 1. The number of aromatic hydroxyl groups is 1. The number of phenols is 1. The van der Waals surface area contributed by atoms with Crippen LogP contribution in [0.5, 0.6) is 11.5 Å². The number of fused-ring (bicyclic) bond motifs is 1. The van der Waals surface area contributed by atoms with Gasteiger partial charge in [0.05, 0.1) is 0 Å². The number of hydrogen-bond acceptors (Lipinski definition) is 2. The van der Waals surface area contributed by atoms with E-state index in [2.05, 4.69) is 55.4 Å². The number of hydrogen-bond donors (Lipinski definition) is 1. The summed E-state index contributed by atoms with van der Waals surface area (Å²) in [7, 11) is 0. The van der Waals surface area contributed by atoms with E-state index in [1.54, 1.807) is 6.07 Å². The van der Waals surface area contributed by atoms with E-state index in [4.69, 9.17) is 4.74 Å². The Bertz CT molecular complexity index is 677. The summed E-state index contributed by atoms with van der Waals surface area (Å²) in [6, 6.07) is 5.57. The Labute approximate surface area is 193 Å². The van der Waals surface area contributed by atoms with E-state index in [0.29, 0.717) is 11.7 Å². The second kappa shape index (κ2) is 11.1. The van der Waals surface area contributed by atoms with Crippen LogP contribution in [0.4, 0.5) is 0 Å². The van der Waals surface area contributed by atoms with E-state index >= 15 is 0 Å². The molecule has 4 unspecified atom stereocenters. The smallest absolute Gasteiger partial charge is 0.123 e. The van der Waals surface area contributed by atoms with Crippen molar-refractivity contribution in [1.29, 1.82) is 0 Å². The zero-order valence-electron chi connectivity index (χ0n) is 21.8. The molecule has 0 saturated carbocycles. The maximum absolute atomic E-state index is 9.92. The van der Waals surface area contributed by atoms with Crippen molar-refractivity contribution in [2.24, 2.45) is 23.2 Å². The minimum Gasteiger partial charge on any atom is -0.508 e. The highest BCUT2D eigenvalue weighted by Crippen LogP contribution is 2.54. The van der Waals surface area contributed by atoms with Gasteiger partial charge in [0.15, 0.2) is 0 Å². The first-order valence-electron chi connectivity index (χ1n) is 13.0. The molecule has 1 N–H and O–H groups in total. The first kappa shape index (κ1) is 26.1. The first-order chi connectivity index (χ1) is 14.5. The lowest BCUT2D eigenvalue weighted by Gasteiger charge is -2.52. The van der Waals surface area contributed by atoms with Gasteiger partial charge in [-0.3, -0.25) is 0 Å². The fourth-order valence-electron chi connectivity index (χ4n) is 5.33. The predicted molar refractivity (Wildman–Crippen MR) is 134 cm³/mol. The van der Waals surface area contributed by atoms with Crippen LogP contribution in [-0.4, -0.2) is 10.7 Å². The van der Waals surface area contributed by atoms with E-state index in [1.165, 1.54) is 51.4 Å². The minimum absolute atomic E-state index is 0.0163. The average molecular weight is 431 g/mol. The summed E-state index contributed by atoms with van der Waals surface area (Å²) >= 11 is 0. The topological polar surface area (TPSA) is 29.5 Å². The van der Waals surface area contributed by atoms with Gasteiger partial charge in [-0.25, -0.2) is 0 Å². The van der Waals surface area contributed by atoms with E-state index < -0.39 is 0 Å². The van der Waals surface area contributed by atoms with Crippen LogP contribution < -0.4 is 4.74 Å². The van der Waals surface area contributed by atoms with Crippen LogP contribution in [-0.2, 0) is 0 Å². The summed E-state index contributed by atoms with van der Waals surface area (Å²) in [4.78, 5) is 0. The Morgan fingerprint density at radius 3 is 2.00 bits per heavy atom. The van der Waals surface area contributed by atoms with Crippen LogP contribution in [0.1, 0.15) is 125 Å². The third kappa shape index (κ3) is 6.90. The Kier molecular flexibility index (Phi) is 9.34. The second-order valence-corrected chi connectivity index (χ2v) is 11.9. The normalized spacial score (nSPS) is 24.5. The van der Waals surface area contributed by atoms with E-state index in [9.17, 15) is 5.11 Å². The van der Waals surface area contributed by atoms with Crippen LogP contribution in [0.25, 0.3) is 0 Å². The molecule has 31 heavy (non-hydrogen) atoms. The number of phenolic OH excluding ortho intramolecular Hbond substituents is 1. The maximum atomic E-state index is 9.92. The standard InChI is InChI=1S/C29H50O2/c1-21(2)12-9-13-22(3)14-10-15-23(4)16-11-19-29(8)28(6,7)24(5)26-20-25(30)17-18-27(26)31-29/h17-18,20-24,30H,9-16,19H2,1-8H3. The Morgan fingerprint density at radius 1 is 0.871 bits per heavy atom. The van der Waals surface area contributed by atoms with Gasteiger partial charge in [-0.05, 0) is 61.6 Å². The van der Waals surface area contributed by atoms with Crippen LogP contribution in [0.15, 0.2) is 18.2 Å². The molecule has 0 aliphatic carbocycles. The van der Waals surface area contributed by atoms with Gasteiger partial charge in [0.2, 0.25) is 0 Å². The zero-order chi connectivity index (χ0) is 23.2. The van der Waals surface area contributed by atoms with Gasteiger partial charge in [-0.15, -0.1) is 0 Å². The molecule has 0 fully saturated rings. The highest BCUT2D eigenvalue weighted by atomic mass is 16.5. The molecule has 1 aromatic rings. The van der Waals surface area contributed by atoms with Gasteiger partial charge in [0.25, 0.3) is 0 Å². The molecule has 2 heteroatoms. The van der Waals surface area contributed by atoms with Gasteiger partial charge >= 0.3 is 0 Å². The van der Waals surface area contributed by atoms with E-state index in [0.717, 1.165) is 35.5 Å². The molecular formula is C29H50O2. The fourth-order valence-corrected chi connectivity index (χ4v) is 5.33. The molecule has 2 rings (SSSR count). The summed E-state index contributed by atoms with van der Waals surface area (Å²) in [5.41, 5.74) is 0.974. The summed E-state index contributed by atoms with van der Waals surface area (Å²) in [6.45, 7) is 18.8. The van der Waals surface area contributed by atoms with Crippen LogP contribution in [0.3, 0.4) is 0 Å². The molecule has 1 aliphatic rings. The molecule has 1 aromatic carbocycles. The van der Waals surface area contributed by atoms with Crippen molar-refractivity contribution in [2.75, 3.05) is 0 Å². The quantitative estimate of drug-likeness (QED) is 0.358. The third-order valence-corrected chi connectivity index (χ3v) is 8.46. The average Bonchev–Trinajstić information content (AvgIpc) is 2.67. The van der Waals surface area contributed by atoms with Gasteiger partial charge in [-0.1, -0.05) is 93.4 Å². The monoisotopic (exact) mass is 430 g/mol. The van der Waals surface area contributed by atoms with Gasteiger partial charge < -0.3 is 9.84 Å². The number of ether oxygens (including phenoxy) is 1. The van der Waals surface area contributed by atoms with Crippen molar-refractivity contribution in [3.63, 3.8) is 0 Å². The summed E-state index contributed by atoms with van der Waals surface area (Å²) in [5.74, 6) is 4.14. The van der Waals surface area contributed by atoms with Gasteiger partial charge in [0.1, 0.15) is 17.1 Å². The maximum Gasteiger partial charge on any atom is 0.123 e. The summed E-state index contributed by atoms with van der Waals surface area (Å²) in [5, 5.41) is 9.92. The number of rotatable bonds is 12. The Morgan fingerprint density at radius 2 is 1.42 bits per heavy atom. The molecule has 1 aliphatic heterocycles. The molecule has 0 spiro atoms. The van der Waals surface area contributed by atoms with Crippen molar-refractivity contribution in [1.82, 2.24) is 0 Å². The lowest BCUT2D eigenvalue weighted by atomic mass is 9.62. The van der Waals surface area contributed by atoms with Crippen molar-refractivity contribution in [2.45, 2.75) is 125 Å². The molecule has 4 atom stereocenters. The molecule has 0 aromatic heterocycles. The minimum atomic E-state index is -0.180. The van der Waals surface area contributed by atoms with E-state index in [1.807, 2.05) is 12.1 Å². The molecule has 2 nitrogen and oxygen atoms in total. The molecule has 1 heterocycles. The van der Waals surface area contributed by atoms with Crippen molar-refractivity contribution < 1.29 is 9.84 Å². The lowest BCUT2D eigenvalue weighted by Crippen LogP contribution is -2.52. The van der Waals surface area contributed by atoms with Crippen molar-refractivity contribution >= 4 is 0 Å². The first-order valence-corrected chi connectivity index (χ1v) is 13.0. The Hall–Kier alpha value is -1.18.